The Hall–Kier alpha value is -1.76. The van der Waals surface area contributed by atoms with E-state index >= 15 is 0 Å². The number of carbonyl (C=O) groups is 2. The number of nitrogens with zero attached hydrogens (tertiary/aromatic N) is 3. The number of primary amides is 2. The number of rotatable bonds is 7. The maximum atomic E-state index is 10.7. The first-order valence-electron chi connectivity index (χ1n) is 4.97. The minimum absolute atomic E-state index is 0.0845. The second-order valence-corrected chi connectivity index (χ2v) is 3.49. The van der Waals surface area contributed by atoms with Gasteiger partial charge in [0.25, 0.3) is 0 Å². The molecule has 0 saturated heterocycles. The van der Waals surface area contributed by atoms with Crippen LogP contribution in [0.2, 0.25) is 0 Å². The molecular formula is C9H15N5O2. The quantitative estimate of drug-likeness (QED) is 0.548. The van der Waals surface area contributed by atoms with Crippen molar-refractivity contribution >= 4 is 24.2 Å². The molecule has 4 N–H and O–H groups in total. The number of amides is 2. The second-order valence-electron chi connectivity index (χ2n) is 3.49. The zero-order valence-corrected chi connectivity index (χ0v) is 8.87. The van der Waals surface area contributed by atoms with Gasteiger partial charge in [0.05, 0.1) is 6.04 Å². The molecule has 0 aromatic heterocycles. The molecule has 7 nitrogen and oxygen atoms in total. The summed E-state index contributed by atoms with van der Waals surface area (Å²) in [4.78, 5) is 23.3. The number of hydrogen-bond donors (Lipinski definition) is 2. The minimum Gasteiger partial charge on any atom is -0.370 e. The Morgan fingerprint density at radius 1 is 1.06 bits per heavy atom. The van der Waals surface area contributed by atoms with E-state index in [0.717, 1.165) is 0 Å². The van der Waals surface area contributed by atoms with Crippen molar-refractivity contribution in [1.29, 1.82) is 0 Å². The first-order chi connectivity index (χ1) is 7.59. The van der Waals surface area contributed by atoms with Gasteiger partial charge in [-0.25, -0.2) is 0 Å². The molecule has 0 aromatic carbocycles. The van der Waals surface area contributed by atoms with Gasteiger partial charge in [-0.3, -0.25) is 14.5 Å². The van der Waals surface area contributed by atoms with Gasteiger partial charge in [-0.2, -0.15) is 10.2 Å². The summed E-state index contributed by atoms with van der Waals surface area (Å²) in [6.07, 6.45) is 3.75. The highest BCUT2D eigenvalue weighted by atomic mass is 16.1. The number of hydrogen-bond acceptors (Lipinski definition) is 5. The van der Waals surface area contributed by atoms with E-state index in [0.29, 0.717) is 13.1 Å². The molecule has 0 spiro atoms. The van der Waals surface area contributed by atoms with Crippen LogP contribution in [0.1, 0.15) is 12.8 Å². The van der Waals surface area contributed by atoms with Crippen LogP contribution in [0.4, 0.5) is 0 Å². The summed E-state index contributed by atoms with van der Waals surface area (Å²) >= 11 is 0. The van der Waals surface area contributed by atoms with Gasteiger partial charge in [0.1, 0.15) is 0 Å². The molecule has 0 saturated carbocycles. The van der Waals surface area contributed by atoms with Crippen LogP contribution in [0.25, 0.3) is 0 Å². The average Bonchev–Trinajstić information content (AvgIpc) is 2.70. The monoisotopic (exact) mass is 225 g/mol. The lowest BCUT2D eigenvalue weighted by atomic mass is 10.2. The second kappa shape index (κ2) is 5.96. The zero-order chi connectivity index (χ0) is 12.0. The maximum absolute atomic E-state index is 10.7. The van der Waals surface area contributed by atoms with Gasteiger partial charge in [0, 0.05) is 38.4 Å². The summed E-state index contributed by atoms with van der Waals surface area (Å²) in [7, 11) is 0. The topological polar surface area (TPSA) is 114 Å². The standard InChI is InChI=1S/C9H15N5O2/c10-8(15)1-3-14(4-2-9(11)16)7-5-12-13-6-7/h5-7H,1-4H2,(H2,10,15)(H2,11,16). The summed E-state index contributed by atoms with van der Waals surface area (Å²) < 4.78 is 0. The van der Waals surface area contributed by atoms with E-state index in [4.69, 9.17) is 11.5 Å². The molecule has 16 heavy (non-hydrogen) atoms. The van der Waals surface area contributed by atoms with Crippen molar-refractivity contribution < 1.29 is 9.59 Å². The van der Waals surface area contributed by atoms with Gasteiger partial charge in [-0.15, -0.1) is 0 Å². The molecule has 0 aliphatic carbocycles. The van der Waals surface area contributed by atoms with Crippen molar-refractivity contribution in [3.8, 4) is 0 Å². The molecule has 0 radical (unpaired) electrons. The van der Waals surface area contributed by atoms with Crippen molar-refractivity contribution in [2.24, 2.45) is 21.7 Å². The van der Waals surface area contributed by atoms with E-state index in [1.807, 2.05) is 4.90 Å². The Balaban J connectivity index is 2.47. The molecule has 88 valence electrons. The molecule has 1 rings (SSSR count). The van der Waals surface area contributed by atoms with Crippen molar-refractivity contribution in [3.05, 3.63) is 0 Å². The van der Waals surface area contributed by atoms with Crippen LogP contribution in [0.15, 0.2) is 10.2 Å². The molecule has 0 fully saturated rings. The Morgan fingerprint density at radius 2 is 1.50 bits per heavy atom. The molecule has 1 heterocycles. The Bertz CT molecular complexity index is 296. The van der Waals surface area contributed by atoms with Crippen LogP contribution in [0.5, 0.6) is 0 Å². The van der Waals surface area contributed by atoms with Crippen LogP contribution in [-0.2, 0) is 9.59 Å². The Kier molecular flexibility index (Phi) is 4.59. The van der Waals surface area contributed by atoms with Crippen LogP contribution in [0, 0.1) is 0 Å². The molecule has 0 atom stereocenters. The van der Waals surface area contributed by atoms with Crippen molar-refractivity contribution in [2.75, 3.05) is 13.1 Å². The van der Waals surface area contributed by atoms with Crippen molar-refractivity contribution in [2.45, 2.75) is 18.9 Å². The van der Waals surface area contributed by atoms with Crippen LogP contribution < -0.4 is 11.5 Å². The summed E-state index contributed by atoms with van der Waals surface area (Å²) in [6.45, 7) is 0.927. The SMILES string of the molecule is NC(=O)CCN(CCC(N)=O)C1C=NN=C1. The lowest BCUT2D eigenvalue weighted by Crippen LogP contribution is -2.40. The molecule has 0 aromatic rings. The summed E-state index contributed by atoms with van der Waals surface area (Å²) in [5.41, 5.74) is 10.1. The minimum atomic E-state index is -0.379. The average molecular weight is 225 g/mol. The largest absolute Gasteiger partial charge is 0.370 e. The lowest BCUT2D eigenvalue weighted by Gasteiger charge is -2.23. The first kappa shape index (κ1) is 12.3. The number of nitrogens with two attached hydrogens (primary N) is 2. The van der Waals surface area contributed by atoms with E-state index < -0.39 is 0 Å². The van der Waals surface area contributed by atoms with E-state index in [2.05, 4.69) is 10.2 Å². The van der Waals surface area contributed by atoms with Crippen LogP contribution in [0.3, 0.4) is 0 Å². The molecular weight excluding hydrogens is 210 g/mol. The maximum Gasteiger partial charge on any atom is 0.218 e. The van der Waals surface area contributed by atoms with Gasteiger partial charge in [-0.05, 0) is 0 Å². The van der Waals surface area contributed by atoms with Gasteiger partial charge >= 0.3 is 0 Å². The summed E-state index contributed by atoms with van der Waals surface area (Å²) in [5, 5.41) is 7.42. The third-order valence-corrected chi connectivity index (χ3v) is 2.22. The fraction of sp³-hybridized carbons (Fsp3) is 0.556. The smallest absolute Gasteiger partial charge is 0.218 e. The van der Waals surface area contributed by atoms with Gasteiger partial charge < -0.3 is 11.5 Å². The third-order valence-electron chi connectivity index (χ3n) is 2.22. The molecule has 7 heteroatoms. The van der Waals surface area contributed by atoms with Gasteiger partial charge in [0.15, 0.2) is 0 Å². The zero-order valence-electron chi connectivity index (χ0n) is 8.87. The van der Waals surface area contributed by atoms with E-state index in [1.165, 1.54) is 0 Å². The molecule has 1 aliphatic heterocycles. The highest BCUT2D eigenvalue weighted by Crippen LogP contribution is 2.03. The molecule has 1 aliphatic rings. The third kappa shape index (κ3) is 4.18. The summed E-state index contributed by atoms with van der Waals surface area (Å²) in [5.74, 6) is -0.758. The normalized spacial score (nSPS) is 14.8. The molecule has 0 unspecified atom stereocenters. The predicted molar refractivity (Wildman–Crippen MR) is 60.0 cm³/mol. The fourth-order valence-electron chi connectivity index (χ4n) is 1.36. The van der Waals surface area contributed by atoms with Gasteiger partial charge in [0.2, 0.25) is 11.8 Å². The highest BCUT2D eigenvalue weighted by molar-refractivity contribution is 5.91. The highest BCUT2D eigenvalue weighted by Gasteiger charge is 2.18. The van der Waals surface area contributed by atoms with E-state index in [9.17, 15) is 9.59 Å². The van der Waals surface area contributed by atoms with E-state index in [1.54, 1.807) is 12.4 Å². The molecule has 0 bridgehead atoms. The first-order valence-corrected chi connectivity index (χ1v) is 4.97. The van der Waals surface area contributed by atoms with E-state index in [-0.39, 0.29) is 30.7 Å². The number of carbonyl (C=O) groups excluding carboxylic acids is 2. The Morgan fingerprint density at radius 3 is 1.88 bits per heavy atom. The lowest BCUT2D eigenvalue weighted by molar-refractivity contribution is -0.118. The Labute approximate surface area is 93.2 Å². The molecule has 2 amide bonds. The fourth-order valence-corrected chi connectivity index (χ4v) is 1.36. The van der Waals surface area contributed by atoms with Crippen molar-refractivity contribution in [3.63, 3.8) is 0 Å². The predicted octanol–water partition coefficient (Wildman–Crippen LogP) is -1.52. The van der Waals surface area contributed by atoms with Gasteiger partial charge in [-0.1, -0.05) is 0 Å². The summed E-state index contributed by atoms with van der Waals surface area (Å²) in [6, 6.07) is -0.0845. The van der Waals surface area contributed by atoms with Crippen molar-refractivity contribution in [1.82, 2.24) is 4.90 Å². The van der Waals surface area contributed by atoms with Crippen LogP contribution >= 0.6 is 0 Å². The van der Waals surface area contributed by atoms with Crippen LogP contribution in [-0.4, -0.2) is 48.3 Å².